The molecule has 0 heterocycles. The van der Waals surface area contributed by atoms with Crippen molar-refractivity contribution in [2.24, 2.45) is 0 Å². The summed E-state index contributed by atoms with van der Waals surface area (Å²) in [7, 11) is 3.17. The number of ether oxygens (including phenoxy) is 2. The fraction of sp³-hybridized carbons (Fsp3) is 0.562. The van der Waals surface area contributed by atoms with Crippen LogP contribution in [0.2, 0.25) is 0 Å². The van der Waals surface area contributed by atoms with Crippen LogP contribution in [-0.4, -0.2) is 61.5 Å². The van der Waals surface area contributed by atoms with Gasteiger partial charge < -0.3 is 24.6 Å². The molecule has 0 aromatic heterocycles. The Kier molecular flexibility index (Phi) is 7.70. The Balaban J connectivity index is 2.83. The molecule has 0 spiro atoms. The summed E-state index contributed by atoms with van der Waals surface area (Å²) >= 11 is 0. The predicted molar refractivity (Wildman–Crippen MR) is 83.3 cm³/mol. The van der Waals surface area contributed by atoms with Crippen molar-refractivity contribution in [2.75, 3.05) is 40.5 Å². The molecule has 1 rings (SSSR count). The Morgan fingerprint density at radius 3 is 2.32 bits per heavy atom. The lowest BCUT2D eigenvalue weighted by Gasteiger charge is -2.23. The summed E-state index contributed by atoms with van der Waals surface area (Å²) in [6, 6.07) is 5.51. The van der Waals surface area contributed by atoms with Crippen LogP contribution in [0.15, 0.2) is 18.2 Å². The molecule has 0 aliphatic heterocycles. The van der Waals surface area contributed by atoms with E-state index in [1.165, 1.54) is 4.90 Å². The number of methoxy groups -OCH3 is 2. The molecule has 0 saturated carbocycles. The molecule has 0 fully saturated rings. The topological polar surface area (TPSA) is 79.2 Å². The minimum atomic E-state index is -0.119. The Bertz CT molecular complexity index is 472. The quantitative estimate of drug-likeness (QED) is 0.711. The average molecular weight is 311 g/mol. The molecule has 0 bridgehead atoms. The Morgan fingerprint density at radius 1 is 1.18 bits per heavy atom. The van der Waals surface area contributed by atoms with Crippen LogP contribution in [-0.2, 0) is 4.79 Å². The first kappa shape index (κ1) is 18.3. The summed E-state index contributed by atoms with van der Waals surface area (Å²) in [6.45, 7) is 2.16. The van der Waals surface area contributed by atoms with E-state index in [0.717, 1.165) is 5.56 Å². The van der Waals surface area contributed by atoms with Crippen LogP contribution >= 0.6 is 0 Å². The van der Waals surface area contributed by atoms with Crippen LogP contribution in [0, 0.1) is 0 Å². The maximum absolute atomic E-state index is 12.3. The van der Waals surface area contributed by atoms with E-state index < -0.39 is 0 Å². The summed E-state index contributed by atoms with van der Waals surface area (Å²) < 4.78 is 10.5. The van der Waals surface area contributed by atoms with Gasteiger partial charge in [-0.15, -0.1) is 0 Å². The molecule has 1 atom stereocenters. The minimum Gasteiger partial charge on any atom is -0.497 e. The number of aliphatic hydroxyl groups excluding tert-OH is 2. The Labute approximate surface area is 131 Å². The van der Waals surface area contributed by atoms with Crippen LogP contribution in [0.1, 0.15) is 24.8 Å². The number of carbonyl (C=O) groups is 1. The van der Waals surface area contributed by atoms with Crippen molar-refractivity contribution in [3.63, 3.8) is 0 Å². The van der Waals surface area contributed by atoms with Gasteiger partial charge in [-0.2, -0.15) is 0 Å². The van der Waals surface area contributed by atoms with Gasteiger partial charge in [-0.05, 0) is 17.5 Å². The molecule has 6 heteroatoms. The van der Waals surface area contributed by atoms with Gasteiger partial charge in [0, 0.05) is 25.6 Å². The van der Waals surface area contributed by atoms with Crippen molar-refractivity contribution < 1.29 is 24.5 Å². The molecule has 0 aliphatic rings. The highest BCUT2D eigenvalue weighted by molar-refractivity contribution is 5.77. The lowest BCUT2D eigenvalue weighted by molar-refractivity contribution is -0.132. The molecular weight excluding hydrogens is 286 g/mol. The number of nitrogens with zero attached hydrogens (tertiary/aromatic N) is 1. The molecule has 1 unspecified atom stereocenters. The van der Waals surface area contributed by atoms with Gasteiger partial charge in [0.1, 0.15) is 11.5 Å². The van der Waals surface area contributed by atoms with E-state index in [9.17, 15) is 4.79 Å². The molecule has 1 aromatic rings. The molecule has 0 saturated heterocycles. The monoisotopic (exact) mass is 311 g/mol. The first-order valence-electron chi connectivity index (χ1n) is 7.28. The molecule has 22 heavy (non-hydrogen) atoms. The highest BCUT2D eigenvalue weighted by Gasteiger charge is 2.19. The van der Waals surface area contributed by atoms with E-state index in [4.69, 9.17) is 19.7 Å². The third kappa shape index (κ3) is 4.89. The SMILES string of the molecule is COc1ccc(C(C)CC(=O)N(CCO)CCO)c(OC)c1. The van der Waals surface area contributed by atoms with Crippen molar-refractivity contribution in [1.29, 1.82) is 0 Å². The van der Waals surface area contributed by atoms with Gasteiger partial charge in [-0.3, -0.25) is 4.79 Å². The number of amides is 1. The highest BCUT2D eigenvalue weighted by atomic mass is 16.5. The second kappa shape index (κ2) is 9.27. The fourth-order valence-corrected chi connectivity index (χ4v) is 2.33. The molecule has 1 aromatic carbocycles. The van der Waals surface area contributed by atoms with E-state index in [2.05, 4.69) is 0 Å². The van der Waals surface area contributed by atoms with Crippen LogP contribution in [0.25, 0.3) is 0 Å². The van der Waals surface area contributed by atoms with E-state index >= 15 is 0 Å². The maximum Gasteiger partial charge on any atom is 0.223 e. The molecule has 6 nitrogen and oxygen atoms in total. The zero-order chi connectivity index (χ0) is 16.5. The Hall–Kier alpha value is -1.79. The Morgan fingerprint density at radius 2 is 1.82 bits per heavy atom. The second-order valence-electron chi connectivity index (χ2n) is 5.04. The number of carbonyl (C=O) groups excluding carboxylic acids is 1. The van der Waals surface area contributed by atoms with Gasteiger partial charge >= 0.3 is 0 Å². The first-order valence-corrected chi connectivity index (χ1v) is 7.28. The van der Waals surface area contributed by atoms with E-state index in [1.807, 2.05) is 19.1 Å². The van der Waals surface area contributed by atoms with Gasteiger partial charge in [0.2, 0.25) is 5.91 Å². The van der Waals surface area contributed by atoms with Gasteiger partial charge in [0.15, 0.2) is 0 Å². The van der Waals surface area contributed by atoms with Gasteiger partial charge in [-0.1, -0.05) is 13.0 Å². The second-order valence-corrected chi connectivity index (χ2v) is 5.04. The van der Waals surface area contributed by atoms with E-state index in [1.54, 1.807) is 20.3 Å². The standard InChI is InChI=1S/C16H25NO5/c1-12(10-16(20)17(6-8-18)7-9-19)14-5-4-13(21-2)11-15(14)22-3/h4-5,11-12,18-19H,6-10H2,1-3H3. The van der Waals surface area contributed by atoms with Crippen molar-refractivity contribution in [2.45, 2.75) is 19.3 Å². The smallest absolute Gasteiger partial charge is 0.223 e. The number of aliphatic hydroxyl groups is 2. The molecule has 0 aliphatic carbocycles. The number of hydrogen-bond donors (Lipinski definition) is 2. The first-order chi connectivity index (χ1) is 10.6. The van der Waals surface area contributed by atoms with Crippen molar-refractivity contribution in [1.82, 2.24) is 4.90 Å². The predicted octanol–water partition coefficient (Wildman–Crippen LogP) is 1.01. The van der Waals surface area contributed by atoms with Crippen LogP contribution in [0.5, 0.6) is 11.5 Å². The lowest BCUT2D eigenvalue weighted by atomic mass is 9.96. The van der Waals surface area contributed by atoms with Crippen LogP contribution in [0.3, 0.4) is 0 Å². The van der Waals surface area contributed by atoms with Gasteiger partial charge in [0.25, 0.3) is 0 Å². The van der Waals surface area contributed by atoms with Crippen LogP contribution in [0.4, 0.5) is 0 Å². The van der Waals surface area contributed by atoms with Crippen molar-refractivity contribution in [3.05, 3.63) is 23.8 Å². The summed E-state index contributed by atoms with van der Waals surface area (Å²) in [4.78, 5) is 13.7. The fourth-order valence-electron chi connectivity index (χ4n) is 2.33. The summed E-state index contributed by atoms with van der Waals surface area (Å²) in [6.07, 6.45) is 0.280. The van der Waals surface area contributed by atoms with Gasteiger partial charge in [-0.25, -0.2) is 0 Å². The average Bonchev–Trinajstić information content (AvgIpc) is 2.53. The molecule has 2 N–H and O–H groups in total. The normalized spacial score (nSPS) is 11.9. The highest BCUT2D eigenvalue weighted by Crippen LogP contribution is 2.32. The van der Waals surface area contributed by atoms with Gasteiger partial charge in [0.05, 0.1) is 27.4 Å². The largest absolute Gasteiger partial charge is 0.497 e. The molecular formula is C16H25NO5. The van der Waals surface area contributed by atoms with E-state index in [-0.39, 0.29) is 44.5 Å². The summed E-state index contributed by atoms with van der Waals surface area (Å²) in [5.41, 5.74) is 0.921. The number of benzene rings is 1. The lowest BCUT2D eigenvalue weighted by Crippen LogP contribution is -2.36. The van der Waals surface area contributed by atoms with Crippen molar-refractivity contribution >= 4 is 5.91 Å². The molecule has 1 amide bonds. The minimum absolute atomic E-state index is 0.0479. The summed E-state index contributed by atoms with van der Waals surface area (Å²) in [5, 5.41) is 18.0. The zero-order valence-electron chi connectivity index (χ0n) is 13.4. The third-order valence-electron chi connectivity index (χ3n) is 3.54. The maximum atomic E-state index is 12.3. The number of hydrogen-bond acceptors (Lipinski definition) is 5. The van der Waals surface area contributed by atoms with Crippen LogP contribution < -0.4 is 9.47 Å². The molecule has 124 valence electrons. The van der Waals surface area contributed by atoms with E-state index in [0.29, 0.717) is 11.5 Å². The van der Waals surface area contributed by atoms with Crippen molar-refractivity contribution in [3.8, 4) is 11.5 Å². The summed E-state index contributed by atoms with van der Waals surface area (Å²) in [5.74, 6) is 1.22. The third-order valence-corrected chi connectivity index (χ3v) is 3.54. The molecule has 0 radical (unpaired) electrons. The zero-order valence-corrected chi connectivity index (χ0v) is 13.4. The number of rotatable bonds is 9.